The Labute approximate surface area is 126 Å². The Morgan fingerprint density at radius 2 is 2.10 bits per heavy atom. The van der Waals surface area contributed by atoms with E-state index < -0.39 is 0 Å². The Balaban J connectivity index is 1.62. The van der Waals surface area contributed by atoms with Gasteiger partial charge in [0.2, 0.25) is 0 Å². The van der Waals surface area contributed by atoms with E-state index in [1.807, 2.05) is 24.3 Å². The minimum atomic E-state index is -0.173. The Bertz CT molecular complexity index is 804. The van der Waals surface area contributed by atoms with Gasteiger partial charge in [-0.1, -0.05) is 24.4 Å². The van der Waals surface area contributed by atoms with Gasteiger partial charge < -0.3 is 15.3 Å². The number of aromatic amines is 2. The molecule has 0 saturated heterocycles. The smallest absolute Gasteiger partial charge is 0.254 e. The summed E-state index contributed by atoms with van der Waals surface area (Å²) in [6.07, 6.45) is 2.34. The van der Waals surface area contributed by atoms with Crippen LogP contribution in [0.5, 0.6) is 0 Å². The SMILES string of the molecule is O=C(NCCc1nc2ccccc2[nH]1)c1ccc[nH]c1=S. The molecule has 21 heavy (non-hydrogen) atoms. The standard InChI is InChI=1S/C15H14N4OS/c20-14(10-4-3-8-17-15(10)21)16-9-7-13-18-11-5-1-2-6-12(11)19-13/h1-6,8H,7,9H2,(H,16,20)(H,17,21)(H,18,19). The van der Waals surface area contributed by atoms with Gasteiger partial charge in [-0.2, -0.15) is 0 Å². The number of amides is 1. The molecule has 0 radical (unpaired) electrons. The van der Waals surface area contributed by atoms with Crippen molar-refractivity contribution in [1.82, 2.24) is 20.3 Å². The van der Waals surface area contributed by atoms with E-state index in [1.165, 1.54) is 0 Å². The van der Waals surface area contributed by atoms with Crippen molar-refractivity contribution in [3.05, 3.63) is 58.6 Å². The van der Waals surface area contributed by atoms with E-state index in [0.29, 0.717) is 23.2 Å². The summed E-state index contributed by atoms with van der Waals surface area (Å²) in [5.41, 5.74) is 2.42. The van der Waals surface area contributed by atoms with Gasteiger partial charge in [0.15, 0.2) is 0 Å². The van der Waals surface area contributed by atoms with E-state index >= 15 is 0 Å². The zero-order chi connectivity index (χ0) is 14.7. The largest absolute Gasteiger partial charge is 0.352 e. The summed E-state index contributed by atoms with van der Waals surface area (Å²) in [6, 6.07) is 11.3. The van der Waals surface area contributed by atoms with E-state index in [-0.39, 0.29) is 5.91 Å². The van der Waals surface area contributed by atoms with Crippen LogP contribution in [0.2, 0.25) is 0 Å². The van der Waals surface area contributed by atoms with Gasteiger partial charge in [0, 0.05) is 19.2 Å². The topological polar surface area (TPSA) is 73.6 Å². The molecule has 5 nitrogen and oxygen atoms in total. The van der Waals surface area contributed by atoms with E-state index in [4.69, 9.17) is 12.2 Å². The summed E-state index contributed by atoms with van der Waals surface area (Å²) >= 11 is 5.08. The third-order valence-electron chi connectivity index (χ3n) is 3.15. The minimum absolute atomic E-state index is 0.173. The molecule has 0 spiro atoms. The van der Waals surface area contributed by atoms with Gasteiger partial charge in [-0.25, -0.2) is 4.98 Å². The summed E-state index contributed by atoms with van der Waals surface area (Å²) in [6.45, 7) is 0.502. The number of nitrogens with zero attached hydrogens (tertiary/aromatic N) is 1. The highest BCUT2D eigenvalue weighted by atomic mass is 32.1. The second-order valence-corrected chi connectivity index (χ2v) is 5.03. The Hall–Kier alpha value is -2.47. The number of carbonyl (C=O) groups excluding carboxylic acids is 1. The maximum absolute atomic E-state index is 12.0. The maximum atomic E-state index is 12.0. The molecule has 3 aromatic rings. The zero-order valence-corrected chi connectivity index (χ0v) is 12.0. The average Bonchev–Trinajstić information content (AvgIpc) is 2.90. The molecule has 0 atom stereocenters. The number of aromatic nitrogens is 3. The van der Waals surface area contributed by atoms with Crippen LogP contribution >= 0.6 is 12.2 Å². The molecule has 106 valence electrons. The van der Waals surface area contributed by atoms with Gasteiger partial charge in [0.05, 0.1) is 16.6 Å². The summed E-state index contributed by atoms with van der Waals surface area (Å²) < 4.78 is 0.443. The molecule has 0 aliphatic heterocycles. The van der Waals surface area contributed by atoms with Gasteiger partial charge in [-0.05, 0) is 24.3 Å². The monoisotopic (exact) mass is 298 g/mol. The van der Waals surface area contributed by atoms with Crippen LogP contribution < -0.4 is 5.32 Å². The quantitative estimate of drug-likeness (QED) is 0.648. The molecular formula is C15H14N4OS. The van der Waals surface area contributed by atoms with E-state index in [1.54, 1.807) is 18.3 Å². The molecular weight excluding hydrogens is 284 g/mol. The van der Waals surface area contributed by atoms with Crippen molar-refractivity contribution in [3.63, 3.8) is 0 Å². The molecule has 3 rings (SSSR count). The fraction of sp³-hybridized carbons (Fsp3) is 0.133. The van der Waals surface area contributed by atoms with Crippen LogP contribution in [0.25, 0.3) is 11.0 Å². The highest BCUT2D eigenvalue weighted by Gasteiger charge is 2.07. The predicted molar refractivity (Wildman–Crippen MR) is 83.8 cm³/mol. The van der Waals surface area contributed by atoms with Gasteiger partial charge in [0.1, 0.15) is 10.5 Å². The molecule has 0 saturated carbocycles. The highest BCUT2D eigenvalue weighted by molar-refractivity contribution is 7.71. The van der Waals surface area contributed by atoms with Gasteiger partial charge in [-0.15, -0.1) is 0 Å². The van der Waals surface area contributed by atoms with Crippen molar-refractivity contribution in [2.24, 2.45) is 0 Å². The van der Waals surface area contributed by atoms with Gasteiger partial charge in [0.25, 0.3) is 5.91 Å². The van der Waals surface area contributed by atoms with E-state index in [2.05, 4.69) is 20.3 Å². The van der Waals surface area contributed by atoms with Crippen LogP contribution in [0.1, 0.15) is 16.2 Å². The van der Waals surface area contributed by atoms with Crippen molar-refractivity contribution in [3.8, 4) is 0 Å². The lowest BCUT2D eigenvalue weighted by Gasteiger charge is -2.03. The number of fused-ring (bicyclic) bond motifs is 1. The molecule has 1 amide bonds. The number of benzene rings is 1. The van der Waals surface area contributed by atoms with Crippen molar-refractivity contribution in [2.45, 2.75) is 6.42 Å². The molecule has 6 heteroatoms. The third-order valence-corrected chi connectivity index (χ3v) is 3.49. The molecule has 0 unspecified atom stereocenters. The van der Waals surface area contributed by atoms with Gasteiger partial charge in [-0.3, -0.25) is 4.79 Å². The highest BCUT2D eigenvalue weighted by Crippen LogP contribution is 2.10. The second kappa shape index (κ2) is 5.88. The van der Waals surface area contributed by atoms with Crippen LogP contribution in [0.4, 0.5) is 0 Å². The number of carbonyl (C=O) groups is 1. The number of para-hydroxylation sites is 2. The van der Waals surface area contributed by atoms with Crippen molar-refractivity contribution < 1.29 is 4.79 Å². The summed E-state index contributed by atoms with van der Waals surface area (Å²) in [5, 5.41) is 2.85. The molecule has 2 heterocycles. The normalized spacial score (nSPS) is 10.7. The molecule has 1 aromatic carbocycles. The Kier molecular flexibility index (Phi) is 3.79. The van der Waals surface area contributed by atoms with E-state index in [0.717, 1.165) is 16.9 Å². The first-order valence-electron chi connectivity index (χ1n) is 6.63. The number of nitrogens with one attached hydrogen (secondary N) is 3. The number of hydrogen-bond donors (Lipinski definition) is 3. The van der Waals surface area contributed by atoms with Crippen LogP contribution in [0.3, 0.4) is 0 Å². The van der Waals surface area contributed by atoms with Crippen LogP contribution in [0.15, 0.2) is 42.6 Å². The van der Waals surface area contributed by atoms with Crippen molar-refractivity contribution in [1.29, 1.82) is 0 Å². The zero-order valence-electron chi connectivity index (χ0n) is 11.2. The Morgan fingerprint density at radius 1 is 1.24 bits per heavy atom. The predicted octanol–water partition coefficient (Wildman–Crippen LogP) is 2.59. The van der Waals surface area contributed by atoms with Crippen LogP contribution in [-0.4, -0.2) is 27.4 Å². The molecule has 0 bridgehead atoms. The Morgan fingerprint density at radius 3 is 2.90 bits per heavy atom. The third kappa shape index (κ3) is 3.00. The molecule has 2 aromatic heterocycles. The first-order chi connectivity index (χ1) is 10.2. The first-order valence-corrected chi connectivity index (χ1v) is 7.04. The average molecular weight is 298 g/mol. The lowest BCUT2D eigenvalue weighted by Crippen LogP contribution is -2.26. The minimum Gasteiger partial charge on any atom is -0.352 e. The molecule has 3 N–H and O–H groups in total. The number of pyridine rings is 1. The summed E-state index contributed by atoms with van der Waals surface area (Å²) in [5.74, 6) is 0.683. The molecule has 0 aliphatic carbocycles. The number of hydrogen-bond acceptors (Lipinski definition) is 3. The maximum Gasteiger partial charge on any atom is 0.254 e. The number of imidazole rings is 1. The van der Waals surface area contributed by atoms with Gasteiger partial charge >= 0.3 is 0 Å². The van der Waals surface area contributed by atoms with Crippen molar-refractivity contribution >= 4 is 29.2 Å². The second-order valence-electron chi connectivity index (χ2n) is 4.62. The number of rotatable bonds is 4. The van der Waals surface area contributed by atoms with Crippen LogP contribution in [0, 0.1) is 4.64 Å². The summed E-state index contributed by atoms with van der Waals surface area (Å²) in [7, 11) is 0. The summed E-state index contributed by atoms with van der Waals surface area (Å²) in [4.78, 5) is 22.5. The fourth-order valence-corrected chi connectivity index (χ4v) is 2.34. The molecule has 0 fully saturated rings. The lowest BCUT2D eigenvalue weighted by atomic mass is 10.2. The molecule has 0 aliphatic rings. The van der Waals surface area contributed by atoms with Crippen LogP contribution in [-0.2, 0) is 6.42 Å². The number of H-pyrrole nitrogens is 2. The van der Waals surface area contributed by atoms with E-state index in [9.17, 15) is 4.79 Å². The van der Waals surface area contributed by atoms with Crippen molar-refractivity contribution in [2.75, 3.05) is 6.54 Å². The lowest BCUT2D eigenvalue weighted by molar-refractivity contribution is 0.0953. The fourth-order valence-electron chi connectivity index (χ4n) is 2.11. The first kappa shape index (κ1) is 13.5.